The van der Waals surface area contributed by atoms with E-state index in [1.54, 1.807) is 0 Å². The van der Waals surface area contributed by atoms with Crippen LogP contribution in [0.3, 0.4) is 0 Å². The Balaban J connectivity index is 1.80. The molecule has 2 aliphatic carbocycles. The largest absolute Gasteiger partial charge is 0.370 e. The lowest BCUT2D eigenvalue weighted by molar-refractivity contribution is -0.942. The summed E-state index contributed by atoms with van der Waals surface area (Å²) < 4.78 is 6.52. The van der Waals surface area contributed by atoms with Crippen LogP contribution in [0.5, 0.6) is 0 Å². The van der Waals surface area contributed by atoms with Gasteiger partial charge in [-0.3, -0.25) is 4.79 Å². The fourth-order valence-corrected chi connectivity index (χ4v) is 3.82. The van der Waals surface area contributed by atoms with Gasteiger partial charge in [-0.2, -0.15) is 0 Å². The third-order valence-electron chi connectivity index (χ3n) is 4.88. The predicted octanol–water partition coefficient (Wildman–Crippen LogP) is 0.831. The standard InChI is InChI=1S/C12H20NO2/c1-13(4-6-15-7-5-13)11-8-9-2-3-10(11)12(9)14/h9-11H,2-8H2,1H3/q+1/t9-,10-,11+/m0/s1. The quantitative estimate of drug-likeness (QED) is 0.599. The average molecular weight is 210 g/mol. The molecule has 0 unspecified atom stereocenters. The molecule has 2 saturated carbocycles. The molecule has 3 nitrogen and oxygen atoms in total. The van der Waals surface area contributed by atoms with Gasteiger partial charge in [0.25, 0.3) is 0 Å². The van der Waals surface area contributed by atoms with Gasteiger partial charge in [0.1, 0.15) is 18.9 Å². The van der Waals surface area contributed by atoms with Gasteiger partial charge in [-0.15, -0.1) is 0 Å². The van der Waals surface area contributed by atoms with Crippen LogP contribution < -0.4 is 0 Å². The molecule has 0 amide bonds. The van der Waals surface area contributed by atoms with E-state index in [4.69, 9.17) is 4.74 Å². The maximum Gasteiger partial charge on any atom is 0.145 e. The van der Waals surface area contributed by atoms with Crippen molar-refractivity contribution in [2.24, 2.45) is 11.8 Å². The Hall–Kier alpha value is -0.410. The Labute approximate surface area is 91.0 Å². The summed E-state index contributed by atoms with van der Waals surface area (Å²) in [5.41, 5.74) is 0. The number of nitrogens with zero attached hydrogens (tertiary/aromatic N) is 1. The van der Waals surface area contributed by atoms with Crippen molar-refractivity contribution in [2.75, 3.05) is 33.4 Å². The summed E-state index contributed by atoms with van der Waals surface area (Å²) in [5, 5.41) is 0. The molecule has 0 N–H and O–H groups in total. The van der Waals surface area contributed by atoms with Gasteiger partial charge >= 0.3 is 0 Å². The monoisotopic (exact) mass is 210 g/mol. The third-order valence-corrected chi connectivity index (χ3v) is 4.88. The molecule has 3 atom stereocenters. The Morgan fingerprint density at radius 2 is 2.00 bits per heavy atom. The van der Waals surface area contributed by atoms with Crippen molar-refractivity contribution in [3.63, 3.8) is 0 Å². The van der Waals surface area contributed by atoms with Crippen molar-refractivity contribution in [1.82, 2.24) is 0 Å². The van der Waals surface area contributed by atoms with Crippen molar-refractivity contribution in [3.05, 3.63) is 0 Å². The average Bonchev–Trinajstić information content (AvgIpc) is 2.76. The number of rotatable bonds is 1. The molecule has 0 spiro atoms. The Bertz CT molecular complexity index is 283. The molecule has 3 fully saturated rings. The van der Waals surface area contributed by atoms with Crippen molar-refractivity contribution in [2.45, 2.75) is 25.3 Å². The van der Waals surface area contributed by atoms with Crippen molar-refractivity contribution in [1.29, 1.82) is 0 Å². The topological polar surface area (TPSA) is 26.3 Å². The fraction of sp³-hybridized carbons (Fsp3) is 0.917. The van der Waals surface area contributed by atoms with Crippen molar-refractivity contribution < 1.29 is 14.0 Å². The minimum Gasteiger partial charge on any atom is -0.370 e. The van der Waals surface area contributed by atoms with Crippen LogP contribution in [-0.2, 0) is 9.53 Å². The lowest BCUT2D eigenvalue weighted by Crippen LogP contribution is -2.59. The summed E-state index contributed by atoms with van der Waals surface area (Å²) in [6, 6.07) is 0.611. The summed E-state index contributed by atoms with van der Waals surface area (Å²) in [7, 11) is 2.32. The number of carbonyl (C=O) groups excluding carboxylic acids is 1. The molecule has 0 aromatic heterocycles. The second-order valence-electron chi connectivity index (χ2n) is 5.63. The van der Waals surface area contributed by atoms with E-state index in [0.717, 1.165) is 50.0 Å². The lowest BCUT2D eigenvalue weighted by Gasteiger charge is -2.45. The van der Waals surface area contributed by atoms with Crippen LogP contribution in [0, 0.1) is 11.8 Å². The highest BCUT2D eigenvalue weighted by Gasteiger charge is 2.54. The fourth-order valence-electron chi connectivity index (χ4n) is 3.82. The lowest BCUT2D eigenvalue weighted by atomic mass is 9.92. The molecule has 3 aliphatic rings. The Morgan fingerprint density at radius 3 is 2.53 bits per heavy atom. The highest BCUT2D eigenvalue weighted by molar-refractivity contribution is 5.88. The highest BCUT2D eigenvalue weighted by atomic mass is 16.5. The number of quaternary nitrogens is 1. The third kappa shape index (κ3) is 1.36. The second kappa shape index (κ2) is 3.29. The SMILES string of the molecule is C[N+]1([C@@H]2C[C@@H]3CC[C@@H]2C3=O)CCOCC1. The number of morpholine rings is 1. The van der Waals surface area contributed by atoms with E-state index in [0.29, 0.717) is 23.7 Å². The van der Waals surface area contributed by atoms with Crippen LogP contribution >= 0.6 is 0 Å². The van der Waals surface area contributed by atoms with E-state index in [-0.39, 0.29) is 0 Å². The van der Waals surface area contributed by atoms with E-state index < -0.39 is 0 Å². The molecule has 84 valence electrons. The number of Topliss-reactive ketones (excluding diaryl/α,β-unsaturated/α-hetero) is 1. The second-order valence-corrected chi connectivity index (χ2v) is 5.63. The molecular weight excluding hydrogens is 190 g/mol. The molecule has 3 rings (SSSR count). The first-order valence-electron chi connectivity index (χ1n) is 6.16. The summed E-state index contributed by atoms with van der Waals surface area (Å²) in [4.78, 5) is 11.9. The highest BCUT2D eigenvalue weighted by Crippen LogP contribution is 2.45. The van der Waals surface area contributed by atoms with Crippen LogP contribution in [0.1, 0.15) is 19.3 Å². The molecule has 0 radical (unpaired) electrons. The number of hydrogen-bond donors (Lipinski definition) is 0. The van der Waals surface area contributed by atoms with Gasteiger partial charge in [0.2, 0.25) is 0 Å². The minimum atomic E-state index is 0.387. The zero-order valence-corrected chi connectivity index (χ0v) is 9.45. The molecule has 0 aromatic rings. The Kier molecular flexibility index (Phi) is 2.15. The number of carbonyl (C=O) groups is 1. The first kappa shape index (κ1) is 9.79. The zero-order valence-electron chi connectivity index (χ0n) is 9.45. The van der Waals surface area contributed by atoms with E-state index in [9.17, 15) is 4.79 Å². The number of hydrogen-bond acceptors (Lipinski definition) is 2. The molecular formula is C12H20NO2+. The van der Waals surface area contributed by atoms with Gasteiger partial charge < -0.3 is 9.22 Å². The summed E-state index contributed by atoms with van der Waals surface area (Å²) in [6.45, 7) is 3.94. The van der Waals surface area contributed by atoms with Crippen LogP contribution in [0.2, 0.25) is 0 Å². The van der Waals surface area contributed by atoms with Crippen LogP contribution in [-0.4, -0.2) is 49.7 Å². The maximum absolute atomic E-state index is 11.9. The number of fused-ring (bicyclic) bond motifs is 2. The normalized spacial score (nSPS) is 43.5. The van der Waals surface area contributed by atoms with Gasteiger partial charge in [0.05, 0.1) is 32.2 Å². The first-order chi connectivity index (χ1) is 7.21. The minimum absolute atomic E-state index is 0.387. The van der Waals surface area contributed by atoms with E-state index in [1.165, 1.54) is 0 Å². The molecule has 3 heteroatoms. The maximum atomic E-state index is 11.9. The first-order valence-corrected chi connectivity index (χ1v) is 6.16. The summed E-state index contributed by atoms with van der Waals surface area (Å²) in [6.07, 6.45) is 3.47. The molecule has 2 bridgehead atoms. The van der Waals surface area contributed by atoms with Gasteiger partial charge in [-0.05, 0) is 12.8 Å². The molecule has 1 heterocycles. The van der Waals surface area contributed by atoms with Gasteiger partial charge in [0.15, 0.2) is 0 Å². The zero-order chi connectivity index (χ0) is 10.5. The van der Waals surface area contributed by atoms with E-state index in [1.807, 2.05) is 0 Å². The van der Waals surface area contributed by atoms with Crippen LogP contribution in [0.15, 0.2) is 0 Å². The summed E-state index contributed by atoms with van der Waals surface area (Å²) >= 11 is 0. The molecule has 0 aromatic carbocycles. The summed E-state index contributed by atoms with van der Waals surface area (Å²) in [5.74, 6) is 1.38. The van der Waals surface area contributed by atoms with E-state index >= 15 is 0 Å². The van der Waals surface area contributed by atoms with E-state index in [2.05, 4.69) is 7.05 Å². The Morgan fingerprint density at radius 1 is 1.27 bits per heavy atom. The van der Waals surface area contributed by atoms with Gasteiger partial charge in [-0.25, -0.2) is 0 Å². The van der Waals surface area contributed by atoms with Crippen molar-refractivity contribution in [3.8, 4) is 0 Å². The predicted molar refractivity (Wildman–Crippen MR) is 56.4 cm³/mol. The van der Waals surface area contributed by atoms with Crippen molar-refractivity contribution >= 4 is 5.78 Å². The van der Waals surface area contributed by atoms with Gasteiger partial charge in [-0.1, -0.05) is 0 Å². The molecule has 15 heavy (non-hydrogen) atoms. The number of ketones is 1. The smallest absolute Gasteiger partial charge is 0.145 e. The molecule has 1 aliphatic heterocycles. The van der Waals surface area contributed by atoms with Crippen LogP contribution in [0.4, 0.5) is 0 Å². The van der Waals surface area contributed by atoms with Crippen LogP contribution in [0.25, 0.3) is 0 Å². The van der Waals surface area contributed by atoms with Gasteiger partial charge in [0, 0.05) is 12.3 Å². The number of likely N-dealkylation sites (N-methyl/N-ethyl adjacent to an activating group) is 1. The number of ether oxygens (including phenoxy) is 1. The molecule has 1 saturated heterocycles.